The predicted octanol–water partition coefficient (Wildman–Crippen LogP) is 4.84. The molecule has 5 rings (SSSR count). The van der Waals surface area contributed by atoms with Crippen LogP contribution in [0.2, 0.25) is 0 Å². The number of carbonyl (C=O) groups excluding carboxylic acids is 1. The molecule has 31 heavy (non-hydrogen) atoms. The van der Waals surface area contributed by atoms with Gasteiger partial charge in [0.25, 0.3) is 0 Å². The van der Waals surface area contributed by atoms with Crippen LogP contribution in [0, 0.1) is 0 Å². The number of primary amides is 1. The molecule has 1 aromatic heterocycles. The molecule has 0 spiro atoms. The Labute approximate surface area is 177 Å². The van der Waals surface area contributed by atoms with Crippen molar-refractivity contribution in [2.45, 2.75) is 0 Å². The quantitative estimate of drug-likeness (QED) is 0.396. The van der Waals surface area contributed by atoms with E-state index in [4.69, 9.17) is 5.73 Å². The Morgan fingerprint density at radius 2 is 1.58 bits per heavy atom. The van der Waals surface area contributed by atoms with Crippen LogP contribution < -0.4 is 11.1 Å². The second kappa shape index (κ2) is 7.72. The molecule has 7 nitrogen and oxygen atoms in total. The Hall–Kier alpha value is -4.52. The van der Waals surface area contributed by atoms with Gasteiger partial charge in [-0.25, -0.2) is 4.79 Å². The summed E-state index contributed by atoms with van der Waals surface area (Å²) >= 11 is 0. The highest BCUT2D eigenvalue weighted by atomic mass is 16.2. The van der Waals surface area contributed by atoms with Gasteiger partial charge in [-0.15, -0.1) is 10.2 Å². The zero-order valence-corrected chi connectivity index (χ0v) is 16.4. The highest BCUT2D eigenvalue weighted by molar-refractivity contribution is 6.07. The van der Waals surface area contributed by atoms with E-state index >= 15 is 0 Å². The largest absolute Gasteiger partial charge is 0.351 e. The van der Waals surface area contributed by atoms with E-state index in [0.29, 0.717) is 17.1 Å². The van der Waals surface area contributed by atoms with Gasteiger partial charge in [0, 0.05) is 5.56 Å². The second-order valence-corrected chi connectivity index (χ2v) is 7.03. The summed E-state index contributed by atoms with van der Waals surface area (Å²) in [6.45, 7) is 0. The lowest BCUT2D eigenvalue weighted by Gasteiger charge is -2.19. The van der Waals surface area contributed by atoms with Crippen molar-refractivity contribution >= 4 is 22.5 Å². The van der Waals surface area contributed by atoms with Crippen LogP contribution in [0.4, 0.5) is 10.5 Å². The lowest BCUT2D eigenvalue weighted by molar-refractivity contribution is 0.259. The van der Waals surface area contributed by atoms with Crippen LogP contribution in [0.25, 0.3) is 44.4 Å². The van der Waals surface area contributed by atoms with E-state index < -0.39 is 6.03 Å². The number of benzene rings is 4. The number of aromatic amines is 1. The summed E-state index contributed by atoms with van der Waals surface area (Å²) in [4.78, 5) is 11.7. The smallest absolute Gasteiger partial charge is 0.316 e. The van der Waals surface area contributed by atoms with Crippen LogP contribution in [-0.4, -0.2) is 26.7 Å². The third-order valence-corrected chi connectivity index (χ3v) is 5.17. The third-order valence-electron chi connectivity index (χ3n) is 5.17. The number of carbonyl (C=O) groups is 1. The van der Waals surface area contributed by atoms with Crippen LogP contribution in [0.15, 0.2) is 84.9 Å². The van der Waals surface area contributed by atoms with Crippen molar-refractivity contribution in [3.05, 3.63) is 84.9 Å². The number of amides is 2. The molecule has 5 aromatic rings. The lowest BCUT2D eigenvalue weighted by Crippen LogP contribution is -2.20. The molecule has 0 fully saturated rings. The van der Waals surface area contributed by atoms with E-state index in [1.165, 1.54) is 0 Å². The van der Waals surface area contributed by atoms with E-state index in [2.05, 4.69) is 50.2 Å². The van der Waals surface area contributed by atoms with Gasteiger partial charge >= 0.3 is 6.03 Å². The average Bonchev–Trinajstić information content (AvgIpc) is 3.33. The van der Waals surface area contributed by atoms with Gasteiger partial charge in [0.05, 0.1) is 11.3 Å². The molecule has 0 unspecified atom stereocenters. The van der Waals surface area contributed by atoms with Gasteiger partial charge in [-0.2, -0.15) is 5.21 Å². The summed E-state index contributed by atoms with van der Waals surface area (Å²) in [5.74, 6) is 0.365. The molecule has 1 heterocycles. The summed E-state index contributed by atoms with van der Waals surface area (Å²) < 4.78 is 0. The van der Waals surface area contributed by atoms with E-state index in [1.807, 2.05) is 60.7 Å². The van der Waals surface area contributed by atoms with Crippen LogP contribution >= 0.6 is 0 Å². The Balaban J connectivity index is 1.90. The van der Waals surface area contributed by atoms with Crippen LogP contribution in [-0.2, 0) is 0 Å². The highest BCUT2D eigenvalue weighted by Gasteiger charge is 2.22. The molecule has 0 aliphatic carbocycles. The predicted molar refractivity (Wildman–Crippen MR) is 121 cm³/mol. The number of rotatable bonds is 4. The van der Waals surface area contributed by atoms with E-state index in [1.54, 1.807) is 0 Å². The summed E-state index contributed by atoms with van der Waals surface area (Å²) in [6, 6.07) is 27.5. The van der Waals surface area contributed by atoms with Crippen LogP contribution in [0.1, 0.15) is 0 Å². The molecular formula is C24H18N6O. The van der Waals surface area contributed by atoms with E-state index in [-0.39, 0.29) is 0 Å². The number of H-pyrrole nitrogens is 1. The molecule has 0 saturated carbocycles. The summed E-state index contributed by atoms with van der Waals surface area (Å²) in [5.41, 5.74) is 10.5. The lowest BCUT2D eigenvalue weighted by atomic mass is 9.87. The van der Waals surface area contributed by atoms with Crippen molar-refractivity contribution in [3.63, 3.8) is 0 Å². The minimum Gasteiger partial charge on any atom is -0.351 e. The number of anilines is 1. The van der Waals surface area contributed by atoms with Gasteiger partial charge in [-0.3, -0.25) is 0 Å². The summed E-state index contributed by atoms with van der Waals surface area (Å²) in [5, 5.41) is 19.6. The van der Waals surface area contributed by atoms with Crippen LogP contribution in [0.5, 0.6) is 0 Å². The summed E-state index contributed by atoms with van der Waals surface area (Å²) in [6.07, 6.45) is 0. The van der Waals surface area contributed by atoms with Crippen molar-refractivity contribution in [2.24, 2.45) is 5.73 Å². The second-order valence-electron chi connectivity index (χ2n) is 7.03. The first kappa shape index (κ1) is 18.5. The number of nitrogens with one attached hydrogen (secondary N) is 2. The normalized spacial score (nSPS) is 10.8. The molecule has 0 aliphatic heterocycles. The number of fused-ring (bicyclic) bond motifs is 1. The molecular weight excluding hydrogens is 388 g/mol. The minimum atomic E-state index is -0.665. The van der Waals surface area contributed by atoms with E-state index in [0.717, 1.165) is 33.0 Å². The van der Waals surface area contributed by atoms with Gasteiger partial charge in [0.1, 0.15) is 0 Å². The third kappa shape index (κ3) is 3.38. The Morgan fingerprint density at radius 3 is 2.35 bits per heavy atom. The van der Waals surface area contributed by atoms with Crippen molar-refractivity contribution in [2.75, 3.05) is 5.32 Å². The topological polar surface area (TPSA) is 110 Å². The number of hydrogen-bond donors (Lipinski definition) is 3. The first-order valence-electron chi connectivity index (χ1n) is 9.73. The molecule has 7 heteroatoms. The van der Waals surface area contributed by atoms with Crippen molar-refractivity contribution in [1.82, 2.24) is 20.6 Å². The fraction of sp³-hybridized carbons (Fsp3) is 0. The minimum absolute atomic E-state index is 0.365. The number of nitrogens with two attached hydrogens (primary N) is 1. The molecule has 150 valence electrons. The fourth-order valence-electron chi connectivity index (χ4n) is 3.93. The number of hydrogen-bond acceptors (Lipinski definition) is 4. The zero-order chi connectivity index (χ0) is 21.2. The van der Waals surface area contributed by atoms with Gasteiger partial charge in [0.2, 0.25) is 5.82 Å². The van der Waals surface area contributed by atoms with Gasteiger partial charge < -0.3 is 11.1 Å². The standard InChI is InChI=1S/C24H18N6O/c25-24(31)26-20-14-13-19(18-12-6-10-15-7-4-5-11-17(15)18)21(16-8-2-1-3-9-16)22(20)23-27-29-30-28-23/h1-14H,(H3,25,26,31)(H,27,28,29,30). The number of aromatic nitrogens is 4. The summed E-state index contributed by atoms with van der Waals surface area (Å²) in [7, 11) is 0. The SMILES string of the molecule is NC(=O)Nc1ccc(-c2cccc3ccccc23)c(-c2ccccc2)c1-c1nn[nH]n1. The van der Waals surface area contributed by atoms with Crippen molar-refractivity contribution < 1.29 is 4.79 Å². The molecule has 0 radical (unpaired) electrons. The zero-order valence-electron chi connectivity index (χ0n) is 16.4. The Kier molecular flexibility index (Phi) is 4.61. The monoisotopic (exact) mass is 406 g/mol. The van der Waals surface area contributed by atoms with Crippen molar-refractivity contribution in [1.29, 1.82) is 0 Å². The maximum absolute atomic E-state index is 11.7. The van der Waals surface area contributed by atoms with E-state index in [9.17, 15) is 4.79 Å². The van der Waals surface area contributed by atoms with Crippen molar-refractivity contribution in [3.8, 4) is 33.6 Å². The Bertz CT molecular complexity index is 1380. The number of tetrazole rings is 1. The Morgan fingerprint density at radius 1 is 0.806 bits per heavy atom. The molecule has 0 saturated heterocycles. The van der Waals surface area contributed by atoms with Gasteiger partial charge in [-0.05, 0) is 38.7 Å². The number of urea groups is 1. The average molecular weight is 406 g/mol. The van der Waals surface area contributed by atoms with Gasteiger partial charge in [-0.1, -0.05) is 78.9 Å². The first-order valence-corrected chi connectivity index (χ1v) is 9.73. The molecule has 2 amide bonds. The maximum atomic E-state index is 11.7. The molecule has 4 N–H and O–H groups in total. The highest BCUT2D eigenvalue weighted by Crippen LogP contribution is 2.44. The molecule has 0 bridgehead atoms. The van der Waals surface area contributed by atoms with Gasteiger partial charge in [0.15, 0.2) is 0 Å². The number of nitrogens with zero attached hydrogens (tertiary/aromatic N) is 3. The van der Waals surface area contributed by atoms with Crippen LogP contribution in [0.3, 0.4) is 0 Å². The molecule has 0 atom stereocenters. The first-order chi connectivity index (χ1) is 15.2. The fourth-order valence-corrected chi connectivity index (χ4v) is 3.93. The molecule has 4 aromatic carbocycles. The maximum Gasteiger partial charge on any atom is 0.316 e. The molecule has 0 aliphatic rings.